The summed E-state index contributed by atoms with van der Waals surface area (Å²) in [6, 6.07) is 15.5. The lowest BCUT2D eigenvalue weighted by atomic mass is 9.98. The lowest BCUT2D eigenvalue weighted by Gasteiger charge is -2.25. The third kappa shape index (κ3) is 3.10. The van der Waals surface area contributed by atoms with Crippen molar-refractivity contribution in [1.29, 1.82) is 0 Å². The molecule has 2 aliphatic rings. The van der Waals surface area contributed by atoms with E-state index in [-0.39, 0.29) is 35.6 Å². The summed E-state index contributed by atoms with van der Waals surface area (Å²) in [7, 11) is 1.54. The molecule has 0 radical (unpaired) electrons. The van der Waals surface area contributed by atoms with Gasteiger partial charge in [-0.3, -0.25) is 9.59 Å². The number of carbonyl (C=O) groups is 1. The van der Waals surface area contributed by atoms with Crippen molar-refractivity contribution in [3.8, 4) is 17.2 Å². The van der Waals surface area contributed by atoms with Gasteiger partial charge in [-0.2, -0.15) is 0 Å². The van der Waals surface area contributed by atoms with Gasteiger partial charge in [0.25, 0.3) is 5.91 Å². The number of rotatable bonds is 4. The van der Waals surface area contributed by atoms with Crippen LogP contribution in [0.4, 0.5) is 4.39 Å². The Kier molecular flexibility index (Phi) is 4.55. The van der Waals surface area contributed by atoms with Crippen LogP contribution in [0.25, 0.3) is 11.0 Å². The minimum atomic E-state index is -0.744. The molecule has 1 unspecified atom stereocenters. The second kappa shape index (κ2) is 7.62. The third-order valence-electron chi connectivity index (χ3n) is 6.13. The van der Waals surface area contributed by atoms with Crippen LogP contribution in [0.5, 0.6) is 17.2 Å². The molecular weight excluding hydrogens is 441 g/mol. The molecule has 0 fully saturated rings. The Bertz CT molecular complexity index is 1530. The molecule has 3 aromatic carbocycles. The van der Waals surface area contributed by atoms with Crippen molar-refractivity contribution in [2.45, 2.75) is 12.6 Å². The molecule has 0 N–H and O–H groups in total. The zero-order chi connectivity index (χ0) is 23.4. The van der Waals surface area contributed by atoms with Crippen LogP contribution in [0.1, 0.15) is 33.3 Å². The molecule has 0 aliphatic carbocycles. The average Bonchev–Trinajstić information content (AvgIpc) is 3.42. The minimum Gasteiger partial charge on any atom is -0.497 e. The zero-order valence-corrected chi connectivity index (χ0v) is 18.0. The van der Waals surface area contributed by atoms with Crippen molar-refractivity contribution in [3.63, 3.8) is 0 Å². The molecule has 4 aromatic rings. The maximum Gasteiger partial charge on any atom is 0.291 e. The number of amides is 1. The summed E-state index contributed by atoms with van der Waals surface area (Å²) in [6.45, 7) is 0.326. The van der Waals surface area contributed by atoms with E-state index in [9.17, 15) is 14.0 Å². The fourth-order valence-corrected chi connectivity index (χ4v) is 4.55. The maximum atomic E-state index is 13.9. The highest BCUT2D eigenvalue weighted by Gasteiger charge is 2.43. The van der Waals surface area contributed by atoms with E-state index in [0.717, 1.165) is 11.6 Å². The van der Waals surface area contributed by atoms with Gasteiger partial charge in [0, 0.05) is 6.54 Å². The van der Waals surface area contributed by atoms with E-state index in [0.29, 0.717) is 22.8 Å². The Hall–Kier alpha value is -4.33. The molecule has 1 amide bonds. The van der Waals surface area contributed by atoms with Crippen LogP contribution in [-0.2, 0) is 6.54 Å². The van der Waals surface area contributed by atoms with Crippen molar-refractivity contribution in [2.24, 2.45) is 0 Å². The van der Waals surface area contributed by atoms with Crippen LogP contribution >= 0.6 is 0 Å². The molecule has 7 nitrogen and oxygen atoms in total. The van der Waals surface area contributed by atoms with E-state index >= 15 is 0 Å². The molecule has 1 aromatic heterocycles. The Morgan fingerprint density at radius 2 is 1.88 bits per heavy atom. The van der Waals surface area contributed by atoms with Crippen LogP contribution in [0.15, 0.2) is 69.9 Å². The first-order valence-electron chi connectivity index (χ1n) is 10.6. The van der Waals surface area contributed by atoms with E-state index in [4.69, 9.17) is 18.6 Å². The summed E-state index contributed by atoms with van der Waals surface area (Å²) >= 11 is 0. The van der Waals surface area contributed by atoms with Gasteiger partial charge in [-0.25, -0.2) is 4.39 Å². The number of methoxy groups -OCH3 is 1. The molecule has 170 valence electrons. The highest BCUT2D eigenvalue weighted by atomic mass is 19.1. The molecule has 0 saturated carbocycles. The molecule has 0 saturated heterocycles. The molecule has 34 heavy (non-hydrogen) atoms. The van der Waals surface area contributed by atoms with Crippen LogP contribution in [0.3, 0.4) is 0 Å². The predicted octanol–water partition coefficient (Wildman–Crippen LogP) is 4.41. The normalized spacial score (nSPS) is 16.2. The van der Waals surface area contributed by atoms with Gasteiger partial charge in [0.05, 0.1) is 24.1 Å². The summed E-state index contributed by atoms with van der Waals surface area (Å²) in [5, 5.41) is 0.0874. The summed E-state index contributed by atoms with van der Waals surface area (Å²) in [5.41, 5.74) is 1.37. The Balaban J connectivity index is 1.53. The highest BCUT2D eigenvalue weighted by molar-refractivity contribution is 5.99. The van der Waals surface area contributed by atoms with Gasteiger partial charge in [0.1, 0.15) is 17.1 Å². The summed E-state index contributed by atoms with van der Waals surface area (Å²) in [6.07, 6.45) is 0. The highest BCUT2D eigenvalue weighted by Crippen LogP contribution is 2.41. The number of halogens is 1. The largest absolute Gasteiger partial charge is 0.497 e. The second-order valence-electron chi connectivity index (χ2n) is 8.11. The first-order valence-corrected chi connectivity index (χ1v) is 10.6. The van der Waals surface area contributed by atoms with E-state index in [1.54, 1.807) is 36.3 Å². The minimum absolute atomic E-state index is 0.0438. The van der Waals surface area contributed by atoms with E-state index in [1.165, 1.54) is 12.1 Å². The number of hydrogen-bond donors (Lipinski definition) is 0. The molecule has 0 bridgehead atoms. The maximum absolute atomic E-state index is 13.9. The molecule has 2 aliphatic heterocycles. The third-order valence-corrected chi connectivity index (χ3v) is 6.13. The summed E-state index contributed by atoms with van der Waals surface area (Å²) < 4.78 is 36.0. The number of ether oxygens (including phenoxy) is 3. The van der Waals surface area contributed by atoms with E-state index < -0.39 is 23.2 Å². The molecule has 0 spiro atoms. The topological polar surface area (TPSA) is 78.2 Å². The van der Waals surface area contributed by atoms with Crippen LogP contribution < -0.4 is 19.6 Å². The van der Waals surface area contributed by atoms with Crippen LogP contribution in [-0.4, -0.2) is 24.7 Å². The number of fused-ring (bicyclic) bond motifs is 3. The molecule has 8 heteroatoms. The first kappa shape index (κ1) is 20.3. The van der Waals surface area contributed by atoms with Gasteiger partial charge in [0.2, 0.25) is 12.6 Å². The van der Waals surface area contributed by atoms with Gasteiger partial charge in [-0.15, -0.1) is 0 Å². The number of benzene rings is 3. The number of carbonyl (C=O) groups excluding carboxylic acids is 1. The SMILES string of the molecule is COc1cccc(C2c3c(oc4ccc(F)cc4c3=O)C(=O)N2Cc2ccc3c(c2)OCO3)c1. The lowest BCUT2D eigenvalue weighted by Crippen LogP contribution is -2.29. The van der Waals surface area contributed by atoms with Gasteiger partial charge in [0.15, 0.2) is 16.9 Å². The lowest BCUT2D eigenvalue weighted by molar-refractivity contribution is 0.0714. The molecule has 1 atom stereocenters. The van der Waals surface area contributed by atoms with Crippen LogP contribution in [0.2, 0.25) is 0 Å². The Morgan fingerprint density at radius 3 is 2.74 bits per heavy atom. The monoisotopic (exact) mass is 459 g/mol. The van der Waals surface area contributed by atoms with Gasteiger partial charge in [-0.1, -0.05) is 18.2 Å². The van der Waals surface area contributed by atoms with Crippen molar-refractivity contribution >= 4 is 16.9 Å². The number of nitrogens with zero attached hydrogens (tertiary/aromatic N) is 1. The Morgan fingerprint density at radius 1 is 1.03 bits per heavy atom. The zero-order valence-electron chi connectivity index (χ0n) is 18.0. The smallest absolute Gasteiger partial charge is 0.291 e. The molecule has 6 rings (SSSR count). The Labute approximate surface area is 192 Å². The predicted molar refractivity (Wildman–Crippen MR) is 120 cm³/mol. The summed E-state index contributed by atoms with van der Waals surface area (Å²) in [4.78, 5) is 28.7. The summed E-state index contributed by atoms with van der Waals surface area (Å²) in [5.74, 6) is 0.780. The van der Waals surface area contributed by atoms with Crippen LogP contribution in [0, 0.1) is 5.82 Å². The fraction of sp³-hybridized carbons (Fsp3) is 0.154. The first-order chi connectivity index (χ1) is 16.5. The molecular formula is C26H18FNO6. The molecule has 3 heterocycles. The van der Waals surface area contributed by atoms with E-state index in [1.807, 2.05) is 18.2 Å². The standard InChI is InChI=1S/C26H18FNO6/c1-31-17-4-2-3-15(10-17)23-22-24(29)18-11-16(27)6-8-19(18)34-25(22)26(30)28(23)12-14-5-7-20-21(9-14)33-13-32-20/h2-11,23H,12-13H2,1H3. The second-order valence-corrected chi connectivity index (χ2v) is 8.11. The van der Waals surface area contributed by atoms with Gasteiger partial charge >= 0.3 is 0 Å². The van der Waals surface area contributed by atoms with E-state index in [2.05, 4.69) is 0 Å². The van der Waals surface area contributed by atoms with Crippen molar-refractivity contribution in [3.05, 3.63) is 99.2 Å². The van der Waals surface area contributed by atoms with Gasteiger partial charge < -0.3 is 23.5 Å². The van der Waals surface area contributed by atoms with Crippen molar-refractivity contribution in [1.82, 2.24) is 4.90 Å². The van der Waals surface area contributed by atoms with Crippen molar-refractivity contribution < 1.29 is 27.8 Å². The fourth-order valence-electron chi connectivity index (χ4n) is 4.55. The number of hydrogen-bond acceptors (Lipinski definition) is 6. The average molecular weight is 459 g/mol. The quantitative estimate of drug-likeness (QED) is 0.450. The van der Waals surface area contributed by atoms with Gasteiger partial charge in [-0.05, 0) is 53.6 Å². The van der Waals surface area contributed by atoms with Crippen molar-refractivity contribution in [2.75, 3.05) is 13.9 Å².